The molecule has 0 aliphatic carbocycles. The van der Waals surface area contributed by atoms with E-state index in [9.17, 15) is 4.79 Å². The molecule has 0 radical (unpaired) electrons. The van der Waals surface area contributed by atoms with E-state index in [1.54, 1.807) is 13.2 Å². The molecule has 0 aliphatic rings. The highest BCUT2D eigenvalue weighted by Crippen LogP contribution is 2.22. The van der Waals surface area contributed by atoms with Crippen molar-refractivity contribution in [3.8, 4) is 5.75 Å². The standard InChI is InChI=1S/C13H14O3/c1-3-5-10-8-9-6-4-7-11(15-2)12(9)13(14)16-10/h4,6-8H,3,5H2,1-2H3. The van der Waals surface area contributed by atoms with Crippen molar-refractivity contribution in [3.63, 3.8) is 0 Å². The normalized spacial score (nSPS) is 10.6. The van der Waals surface area contributed by atoms with Gasteiger partial charge in [0.2, 0.25) is 0 Å². The Balaban J connectivity index is 2.71. The number of hydrogen-bond donors (Lipinski definition) is 0. The molecule has 0 atom stereocenters. The van der Waals surface area contributed by atoms with Crippen molar-refractivity contribution in [2.24, 2.45) is 0 Å². The second kappa shape index (κ2) is 4.39. The minimum atomic E-state index is -0.321. The molecular formula is C13H14O3. The summed E-state index contributed by atoms with van der Waals surface area (Å²) in [5, 5.41) is 1.39. The maximum absolute atomic E-state index is 11.8. The molecule has 0 saturated heterocycles. The topological polar surface area (TPSA) is 39.4 Å². The second-order valence-corrected chi connectivity index (χ2v) is 3.67. The highest BCUT2D eigenvalue weighted by molar-refractivity contribution is 5.87. The van der Waals surface area contributed by atoms with Crippen molar-refractivity contribution in [3.05, 3.63) is 40.4 Å². The van der Waals surface area contributed by atoms with Gasteiger partial charge >= 0.3 is 5.63 Å². The molecule has 2 aromatic rings. The van der Waals surface area contributed by atoms with Gasteiger partial charge in [-0.15, -0.1) is 0 Å². The van der Waals surface area contributed by atoms with Crippen molar-refractivity contribution < 1.29 is 9.15 Å². The van der Waals surface area contributed by atoms with Gasteiger partial charge in [-0.1, -0.05) is 19.1 Å². The van der Waals surface area contributed by atoms with Gasteiger partial charge in [-0.3, -0.25) is 0 Å². The van der Waals surface area contributed by atoms with Crippen LogP contribution in [0.15, 0.2) is 33.5 Å². The zero-order valence-electron chi connectivity index (χ0n) is 9.45. The van der Waals surface area contributed by atoms with Gasteiger partial charge < -0.3 is 9.15 Å². The smallest absolute Gasteiger partial charge is 0.347 e. The lowest BCUT2D eigenvalue weighted by Gasteiger charge is -2.05. The molecular weight excluding hydrogens is 204 g/mol. The molecule has 0 saturated carbocycles. The van der Waals surface area contributed by atoms with Gasteiger partial charge in [-0.05, 0) is 23.9 Å². The van der Waals surface area contributed by atoms with E-state index in [-0.39, 0.29) is 5.63 Å². The number of ether oxygens (including phenoxy) is 1. The highest BCUT2D eigenvalue weighted by atomic mass is 16.5. The third-order valence-electron chi connectivity index (χ3n) is 2.52. The summed E-state index contributed by atoms with van der Waals surface area (Å²) in [7, 11) is 1.55. The summed E-state index contributed by atoms with van der Waals surface area (Å²) in [5.74, 6) is 1.29. The van der Waals surface area contributed by atoms with E-state index in [2.05, 4.69) is 6.92 Å². The summed E-state index contributed by atoms with van der Waals surface area (Å²) in [6, 6.07) is 7.44. The number of methoxy groups -OCH3 is 1. The van der Waals surface area contributed by atoms with Crippen LogP contribution in [-0.2, 0) is 6.42 Å². The van der Waals surface area contributed by atoms with Gasteiger partial charge in [0.1, 0.15) is 16.9 Å². The first-order chi connectivity index (χ1) is 7.76. The summed E-state index contributed by atoms with van der Waals surface area (Å²) in [4.78, 5) is 11.8. The second-order valence-electron chi connectivity index (χ2n) is 3.67. The summed E-state index contributed by atoms with van der Waals surface area (Å²) >= 11 is 0. The molecule has 1 aromatic carbocycles. The van der Waals surface area contributed by atoms with Gasteiger partial charge in [0.05, 0.1) is 7.11 Å². The monoisotopic (exact) mass is 218 g/mol. The first kappa shape index (κ1) is 10.7. The van der Waals surface area contributed by atoms with Crippen molar-refractivity contribution in [1.29, 1.82) is 0 Å². The number of benzene rings is 1. The lowest BCUT2D eigenvalue weighted by atomic mass is 10.1. The van der Waals surface area contributed by atoms with E-state index in [0.29, 0.717) is 11.1 Å². The molecule has 0 bridgehead atoms. The minimum Gasteiger partial charge on any atom is -0.496 e. The Bertz CT molecular complexity index is 555. The molecule has 16 heavy (non-hydrogen) atoms. The molecule has 0 spiro atoms. The minimum absolute atomic E-state index is 0.321. The predicted molar refractivity (Wildman–Crippen MR) is 63.0 cm³/mol. The Labute approximate surface area is 93.7 Å². The SMILES string of the molecule is CCCc1cc2cccc(OC)c2c(=O)o1. The third-order valence-corrected chi connectivity index (χ3v) is 2.52. The van der Waals surface area contributed by atoms with Crippen molar-refractivity contribution in [1.82, 2.24) is 0 Å². The van der Waals surface area contributed by atoms with Gasteiger partial charge in [0, 0.05) is 6.42 Å². The number of rotatable bonds is 3. The molecule has 1 aromatic heterocycles. The number of aryl methyl sites for hydroxylation is 1. The first-order valence-electron chi connectivity index (χ1n) is 5.36. The van der Waals surface area contributed by atoms with E-state index in [1.807, 2.05) is 18.2 Å². The summed E-state index contributed by atoms with van der Waals surface area (Å²) < 4.78 is 10.4. The fourth-order valence-electron chi connectivity index (χ4n) is 1.80. The van der Waals surface area contributed by atoms with Crippen LogP contribution < -0.4 is 10.4 Å². The molecule has 0 fully saturated rings. The molecule has 3 nitrogen and oxygen atoms in total. The molecule has 0 unspecified atom stereocenters. The number of hydrogen-bond acceptors (Lipinski definition) is 3. The van der Waals surface area contributed by atoms with Crippen LogP contribution >= 0.6 is 0 Å². The largest absolute Gasteiger partial charge is 0.496 e. The average molecular weight is 218 g/mol. The van der Waals surface area contributed by atoms with Gasteiger partial charge in [-0.2, -0.15) is 0 Å². The molecule has 1 heterocycles. The molecule has 0 N–H and O–H groups in total. The lowest BCUT2D eigenvalue weighted by molar-refractivity contribution is 0.414. The van der Waals surface area contributed by atoms with E-state index in [1.165, 1.54) is 0 Å². The molecule has 3 heteroatoms. The van der Waals surface area contributed by atoms with Crippen LogP contribution in [-0.4, -0.2) is 7.11 Å². The molecule has 2 rings (SSSR count). The maximum Gasteiger partial charge on any atom is 0.347 e. The van der Waals surface area contributed by atoms with E-state index < -0.39 is 0 Å². The zero-order chi connectivity index (χ0) is 11.5. The van der Waals surface area contributed by atoms with Gasteiger partial charge in [0.25, 0.3) is 0 Å². The molecule has 84 valence electrons. The summed E-state index contributed by atoms with van der Waals surface area (Å²) in [6.45, 7) is 2.05. The van der Waals surface area contributed by atoms with Crippen molar-refractivity contribution in [2.45, 2.75) is 19.8 Å². The Morgan fingerprint density at radius 1 is 1.38 bits per heavy atom. The Morgan fingerprint density at radius 3 is 2.88 bits per heavy atom. The Hall–Kier alpha value is -1.77. The lowest BCUT2D eigenvalue weighted by Crippen LogP contribution is -2.03. The Kier molecular flexibility index (Phi) is 2.95. The van der Waals surface area contributed by atoms with Crippen LogP contribution in [0.25, 0.3) is 10.8 Å². The Morgan fingerprint density at radius 2 is 2.19 bits per heavy atom. The van der Waals surface area contributed by atoms with Crippen LogP contribution in [0.3, 0.4) is 0 Å². The highest BCUT2D eigenvalue weighted by Gasteiger charge is 2.08. The van der Waals surface area contributed by atoms with Crippen LogP contribution in [0.2, 0.25) is 0 Å². The number of fused-ring (bicyclic) bond motifs is 1. The quantitative estimate of drug-likeness (QED) is 0.795. The molecule has 0 aliphatic heterocycles. The average Bonchev–Trinajstić information content (AvgIpc) is 2.28. The van der Waals surface area contributed by atoms with Gasteiger partial charge in [0.15, 0.2) is 0 Å². The maximum atomic E-state index is 11.8. The first-order valence-corrected chi connectivity index (χ1v) is 5.36. The third kappa shape index (κ3) is 1.81. The summed E-state index contributed by atoms with van der Waals surface area (Å²) in [5.41, 5.74) is -0.321. The fourth-order valence-corrected chi connectivity index (χ4v) is 1.80. The van der Waals surface area contributed by atoms with Crippen molar-refractivity contribution >= 4 is 10.8 Å². The molecule has 0 amide bonds. The van der Waals surface area contributed by atoms with E-state index >= 15 is 0 Å². The zero-order valence-corrected chi connectivity index (χ0v) is 9.45. The van der Waals surface area contributed by atoms with Crippen LogP contribution in [0.4, 0.5) is 0 Å². The predicted octanol–water partition coefficient (Wildman–Crippen LogP) is 2.75. The van der Waals surface area contributed by atoms with Crippen molar-refractivity contribution in [2.75, 3.05) is 7.11 Å². The van der Waals surface area contributed by atoms with Crippen LogP contribution in [0.5, 0.6) is 5.75 Å². The fraction of sp³-hybridized carbons (Fsp3) is 0.308. The van der Waals surface area contributed by atoms with E-state index in [0.717, 1.165) is 24.0 Å². The van der Waals surface area contributed by atoms with Crippen LogP contribution in [0, 0.1) is 0 Å². The van der Waals surface area contributed by atoms with Crippen LogP contribution in [0.1, 0.15) is 19.1 Å². The van der Waals surface area contributed by atoms with Gasteiger partial charge in [-0.25, -0.2) is 4.79 Å². The van der Waals surface area contributed by atoms with E-state index in [4.69, 9.17) is 9.15 Å². The summed E-state index contributed by atoms with van der Waals surface area (Å²) in [6.07, 6.45) is 1.74.